The maximum absolute atomic E-state index is 12.6. The second kappa shape index (κ2) is 6.40. The van der Waals surface area contributed by atoms with Crippen molar-refractivity contribution in [2.45, 2.75) is 38.3 Å². The van der Waals surface area contributed by atoms with E-state index < -0.39 is 0 Å². The van der Waals surface area contributed by atoms with Crippen LogP contribution in [0.1, 0.15) is 31.2 Å². The molecule has 1 saturated heterocycles. The molecular formula is C17H23N5O. The topological polar surface area (TPSA) is 63.1 Å². The molecule has 1 aromatic carbocycles. The first-order valence-electron chi connectivity index (χ1n) is 8.01. The molecule has 2 amide bonds. The molecule has 0 saturated carbocycles. The molecule has 6 heteroatoms. The predicted molar refractivity (Wildman–Crippen MR) is 87.7 cm³/mol. The molecular weight excluding hydrogens is 290 g/mol. The van der Waals surface area contributed by atoms with E-state index in [0.717, 1.165) is 25.8 Å². The summed E-state index contributed by atoms with van der Waals surface area (Å²) in [7, 11) is 1.82. The highest BCUT2D eigenvalue weighted by Gasteiger charge is 2.39. The lowest BCUT2D eigenvalue weighted by Gasteiger charge is -2.35. The first-order chi connectivity index (χ1) is 11.1. The van der Waals surface area contributed by atoms with Crippen molar-refractivity contribution in [1.82, 2.24) is 25.0 Å². The number of aryl methyl sites for hydroxylation is 1. The molecule has 3 rings (SSSR count). The van der Waals surface area contributed by atoms with Crippen LogP contribution in [-0.2, 0) is 20.0 Å². The maximum atomic E-state index is 12.6. The van der Waals surface area contributed by atoms with Crippen LogP contribution in [-0.4, -0.2) is 37.8 Å². The third-order valence-electron chi connectivity index (χ3n) is 4.47. The van der Waals surface area contributed by atoms with Gasteiger partial charge in [0.05, 0.1) is 6.54 Å². The van der Waals surface area contributed by atoms with Crippen LogP contribution in [0.5, 0.6) is 0 Å². The first-order valence-corrected chi connectivity index (χ1v) is 8.01. The highest BCUT2D eigenvalue weighted by atomic mass is 16.2. The summed E-state index contributed by atoms with van der Waals surface area (Å²) in [5, 5.41) is 7.13. The zero-order valence-electron chi connectivity index (χ0n) is 13.7. The van der Waals surface area contributed by atoms with E-state index in [4.69, 9.17) is 0 Å². The van der Waals surface area contributed by atoms with Gasteiger partial charge in [0.25, 0.3) is 0 Å². The lowest BCUT2D eigenvalue weighted by molar-refractivity contribution is 0.155. The van der Waals surface area contributed by atoms with Crippen LogP contribution in [0.25, 0.3) is 0 Å². The second-order valence-electron chi connectivity index (χ2n) is 6.41. The minimum absolute atomic E-state index is 0.0339. The van der Waals surface area contributed by atoms with Crippen LogP contribution in [0.15, 0.2) is 36.7 Å². The minimum atomic E-state index is -0.136. The number of aromatic nitrogens is 3. The zero-order chi connectivity index (χ0) is 16.3. The number of nitrogens with one attached hydrogen (secondary N) is 1. The number of nitrogens with zero attached hydrogens (tertiary/aromatic N) is 4. The maximum Gasteiger partial charge on any atom is 0.318 e. The number of carbonyl (C=O) groups excluding carboxylic acids is 1. The predicted octanol–water partition coefficient (Wildman–Crippen LogP) is 2.12. The number of benzene rings is 1. The van der Waals surface area contributed by atoms with Gasteiger partial charge in [-0.1, -0.05) is 30.3 Å². The molecule has 1 aliphatic heterocycles. The molecule has 1 aliphatic rings. The lowest BCUT2D eigenvalue weighted by atomic mass is 9.90. The highest BCUT2D eigenvalue weighted by molar-refractivity contribution is 5.75. The van der Waals surface area contributed by atoms with Gasteiger partial charge in [-0.15, -0.1) is 0 Å². The molecule has 1 atom stereocenters. The van der Waals surface area contributed by atoms with Gasteiger partial charge < -0.3 is 10.2 Å². The van der Waals surface area contributed by atoms with Crippen LogP contribution in [0.3, 0.4) is 0 Å². The molecule has 1 fully saturated rings. The van der Waals surface area contributed by atoms with Gasteiger partial charge in [-0.2, -0.15) is 5.10 Å². The van der Waals surface area contributed by atoms with Crippen LogP contribution in [0.2, 0.25) is 0 Å². The lowest BCUT2D eigenvalue weighted by Crippen LogP contribution is -2.50. The third kappa shape index (κ3) is 3.52. The molecule has 1 N–H and O–H groups in total. The summed E-state index contributed by atoms with van der Waals surface area (Å²) in [6, 6.07) is 10.3. The summed E-state index contributed by atoms with van der Waals surface area (Å²) in [6.07, 6.45) is 4.58. The SMILES string of the molecule is Cn1cnc(CNC(=O)N2CCCC2(C)Cc2ccccc2)n1. The van der Waals surface area contributed by atoms with Crippen molar-refractivity contribution in [3.05, 3.63) is 48.0 Å². The average molecular weight is 313 g/mol. The summed E-state index contributed by atoms with van der Waals surface area (Å²) < 4.78 is 1.64. The molecule has 6 nitrogen and oxygen atoms in total. The van der Waals surface area contributed by atoms with E-state index in [9.17, 15) is 4.79 Å². The third-order valence-corrected chi connectivity index (χ3v) is 4.47. The monoisotopic (exact) mass is 313 g/mol. The molecule has 2 aromatic rings. The van der Waals surface area contributed by atoms with E-state index in [0.29, 0.717) is 12.4 Å². The van der Waals surface area contributed by atoms with Gasteiger partial charge in [-0.3, -0.25) is 4.68 Å². The van der Waals surface area contributed by atoms with Crippen molar-refractivity contribution in [2.24, 2.45) is 7.05 Å². The summed E-state index contributed by atoms with van der Waals surface area (Å²) in [4.78, 5) is 18.7. The standard InChI is InChI=1S/C17H23N5O/c1-17(11-14-7-4-3-5-8-14)9-6-10-22(17)16(23)18-12-15-19-13-21(2)20-15/h3-5,7-8,13H,6,9-12H2,1-2H3,(H,18,23). The Balaban J connectivity index is 1.64. The normalized spacial score (nSPS) is 20.7. The van der Waals surface area contributed by atoms with Crippen molar-refractivity contribution in [3.63, 3.8) is 0 Å². The molecule has 1 unspecified atom stereocenters. The molecule has 122 valence electrons. The molecule has 1 aromatic heterocycles. The van der Waals surface area contributed by atoms with E-state index in [-0.39, 0.29) is 11.6 Å². The molecule has 0 radical (unpaired) electrons. The fourth-order valence-electron chi connectivity index (χ4n) is 3.30. The molecule has 0 spiro atoms. The Bertz CT molecular complexity index is 669. The van der Waals surface area contributed by atoms with Gasteiger partial charge in [0.2, 0.25) is 0 Å². The number of likely N-dealkylation sites (tertiary alicyclic amines) is 1. The summed E-state index contributed by atoms with van der Waals surface area (Å²) in [5.74, 6) is 0.629. The van der Waals surface area contributed by atoms with Crippen LogP contribution < -0.4 is 5.32 Å². The van der Waals surface area contributed by atoms with Crippen LogP contribution >= 0.6 is 0 Å². The Morgan fingerprint density at radius 3 is 2.83 bits per heavy atom. The Morgan fingerprint density at radius 2 is 2.13 bits per heavy atom. The van der Waals surface area contributed by atoms with E-state index in [1.165, 1.54) is 5.56 Å². The molecule has 0 aliphatic carbocycles. The summed E-state index contributed by atoms with van der Waals surface area (Å²) in [5.41, 5.74) is 1.13. The number of urea groups is 1. The van der Waals surface area contributed by atoms with Crippen molar-refractivity contribution < 1.29 is 4.79 Å². The van der Waals surface area contributed by atoms with Gasteiger partial charge in [0.1, 0.15) is 6.33 Å². The largest absolute Gasteiger partial charge is 0.331 e. The number of hydrogen-bond donors (Lipinski definition) is 1. The summed E-state index contributed by atoms with van der Waals surface area (Å²) >= 11 is 0. The van der Waals surface area contributed by atoms with Crippen molar-refractivity contribution in [3.8, 4) is 0 Å². The van der Waals surface area contributed by atoms with E-state index in [1.54, 1.807) is 11.0 Å². The van der Waals surface area contributed by atoms with Crippen LogP contribution in [0.4, 0.5) is 4.79 Å². The van der Waals surface area contributed by atoms with Gasteiger partial charge in [-0.05, 0) is 31.7 Å². The number of rotatable bonds is 4. The highest BCUT2D eigenvalue weighted by Crippen LogP contribution is 2.32. The number of amides is 2. The Morgan fingerprint density at radius 1 is 1.35 bits per heavy atom. The Kier molecular flexibility index (Phi) is 4.32. The Hall–Kier alpha value is -2.37. The molecule has 0 bridgehead atoms. The van der Waals surface area contributed by atoms with Gasteiger partial charge >= 0.3 is 6.03 Å². The molecule has 2 heterocycles. The molecule has 23 heavy (non-hydrogen) atoms. The fourth-order valence-corrected chi connectivity index (χ4v) is 3.30. The van der Waals surface area contributed by atoms with Crippen molar-refractivity contribution in [1.29, 1.82) is 0 Å². The van der Waals surface area contributed by atoms with Gasteiger partial charge in [0.15, 0.2) is 5.82 Å². The zero-order valence-corrected chi connectivity index (χ0v) is 13.7. The second-order valence-corrected chi connectivity index (χ2v) is 6.41. The van der Waals surface area contributed by atoms with E-state index in [2.05, 4.69) is 34.5 Å². The van der Waals surface area contributed by atoms with Gasteiger partial charge in [-0.25, -0.2) is 9.78 Å². The summed E-state index contributed by atoms with van der Waals surface area (Å²) in [6.45, 7) is 3.33. The average Bonchev–Trinajstić information content (AvgIpc) is 3.12. The minimum Gasteiger partial charge on any atom is -0.331 e. The van der Waals surface area contributed by atoms with Crippen molar-refractivity contribution in [2.75, 3.05) is 6.54 Å². The van der Waals surface area contributed by atoms with Crippen LogP contribution in [0, 0.1) is 0 Å². The fraction of sp³-hybridized carbons (Fsp3) is 0.471. The Labute approximate surface area is 136 Å². The van der Waals surface area contributed by atoms with Crippen molar-refractivity contribution >= 4 is 6.03 Å². The van der Waals surface area contributed by atoms with Gasteiger partial charge in [0, 0.05) is 19.1 Å². The first kappa shape index (κ1) is 15.5. The number of hydrogen-bond acceptors (Lipinski definition) is 3. The smallest absolute Gasteiger partial charge is 0.318 e. The number of carbonyl (C=O) groups is 1. The quantitative estimate of drug-likeness (QED) is 0.940. The van der Waals surface area contributed by atoms with E-state index >= 15 is 0 Å². The van der Waals surface area contributed by atoms with E-state index in [1.807, 2.05) is 30.1 Å².